The number of aliphatic hydroxyl groups is 1. The van der Waals surface area contributed by atoms with E-state index < -0.39 is 0 Å². The Morgan fingerprint density at radius 3 is 2.29 bits per heavy atom. The van der Waals surface area contributed by atoms with Gasteiger partial charge in [0, 0.05) is 17.3 Å². The van der Waals surface area contributed by atoms with Crippen molar-refractivity contribution >= 4 is 27.8 Å². The minimum atomic E-state index is 0.340. The maximum atomic E-state index is 9.67. The largest absolute Gasteiger partial charge is 0.396 e. The lowest BCUT2D eigenvalue weighted by Gasteiger charge is -2.62. The first kappa shape index (κ1) is 18.6. The van der Waals surface area contributed by atoms with Crippen LogP contribution in [0.1, 0.15) is 56.1 Å². The number of hydrogen-bond acceptors (Lipinski definition) is 2. The molecule has 1 N–H and O–H groups in total. The molecule has 146 valence electrons. The molecule has 0 aromatic heterocycles. The van der Waals surface area contributed by atoms with Crippen LogP contribution < -0.4 is 0 Å². The van der Waals surface area contributed by atoms with Crippen molar-refractivity contribution in [3.05, 3.63) is 64.1 Å². The quantitative estimate of drug-likeness (QED) is 0.537. The summed E-state index contributed by atoms with van der Waals surface area (Å²) >= 11 is 3.47. The summed E-state index contributed by atoms with van der Waals surface area (Å²) in [7, 11) is 0. The van der Waals surface area contributed by atoms with Gasteiger partial charge in [-0.25, -0.2) is 0 Å². The van der Waals surface area contributed by atoms with E-state index >= 15 is 0 Å². The number of halogens is 1. The fraction of sp³-hybridized carbons (Fsp3) is 0.480. The summed E-state index contributed by atoms with van der Waals surface area (Å²) < 4.78 is 1.09. The molecule has 2 unspecified atom stereocenters. The molecule has 4 fully saturated rings. The van der Waals surface area contributed by atoms with Gasteiger partial charge in [0.15, 0.2) is 0 Å². The average Bonchev–Trinajstić information content (AvgIpc) is 2.67. The van der Waals surface area contributed by atoms with Crippen molar-refractivity contribution in [1.29, 1.82) is 0 Å². The average molecular weight is 438 g/mol. The van der Waals surface area contributed by atoms with Crippen LogP contribution in [-0.2, 0) is 5.41 Å². The molecule has 0 amide bonds. The van der Waals surface area contributed by atoms with Gasteiger partial charge in [-0.05, 0) is 103 Å². The third-order valence-corrected chi connectivity index (χ3v) is 8.07. The number of rotatable bonds is 5. The summed E-state index contributed by atoms with van der Waals surface area (Å²) in [6, 6.07) is 17.2. The zero-order valence-corrected chi connectivity index (χ0v) is 17.9. The van der Waals surface area contributed by atoms with E-state index in [0.717, 1.165) is 34.0 Å². The van der Waals surface area contributed by atoms with Crippen molar-refractivity contribution < 1.29 is 5.11 Å². The van der Waals surface area contributed by atoms with Crippen molar-refractivity contribution in [1.82, 2.24) is 0 Å². The van der Waals surface area contributed by atoms with Gasteiger partial charge >= 0.3 is 0 Å². The third kappa shape index (κ3) is 3.37. The van der Waals surface area contributed by atoms with Crippen LogP contribution in [0.4, 0.5) is 5.69 Å². The van der Waals surface area contributed by atoms with Crippen LogP contribution >= 0.6 is 15.9 Å². The second kappa shape index (κ2) is 7.11. The van der Waals surface area contributed by atoms with Gasteiger partial charge in [-0.2, -0.15) is 0 Å². The second-order valence-electron chi connectivity index (χ2n) is 9.57. The molecule has 0 heterocycles. The van der Waals surface area contributed by atoms with E-state index in [1.165, 1.54) is 44.1 Å². The van der Waals surface area contributed by atoms with Gasteiger partial charge in [0.25, 0.3) is 0 Å². The molecule has 3 heteroatoms. The summed E-state index contributed by atoms with van der Waals surface area (Å²) in [5.74, 6) is 1.73. The lowest BCUT2D eigenvalue weighted by molar-refractivity contribution is -0.0816. The minimum Gasteiger partial charge on any atom is -0.396 e. The molecule has 6 rings (SSSR count). The normalized spacial score (nSPS) is 33.6. The van der Waals surface area contributed by atoms with Crippen LogP contribution in [0.5, 0.6) is 0 Å². The summed E-state index contributed by atoms with van der Waals surface area (Å²) in [4.78, 5) is 4.66. The van der Waals surface area contributed by atoms with E-state index in [1.807, 2.05) is 18.3 Å². The van der Waals surface area contributed by atoms with Gasteiger partial charge in [0.2, 0.25) is 0 Å². The molecule has 0 spiro atoms. The molecule has 0 aliphatic heterocycles. The van der Waals surface area contributed by atoms with Crippen molar-refractivity contribution in [3.63, 3.8) is 0 Å². The fourth-order valence-electron chi connectivity index (χ4n) is 6.92. The molecule has 4 aliphatic carbocycles. The summed E-state index contributed by atoms with van der Waals surface area (Å²) in [5.41, 5.74) is 4.37. The van der Waals surface area contributed by atoms with Crippen LogP contribution in [0.2, 0.25) is 0 Å². The molecular weight excluding hydrogens is 410 g/mol. The van der Waals surface area contributed by atoms with Crippen LogP contribution in [0.25, 0.3) is 0 Å². The molecule has 2 nitrogen and oxygen atoms in total. The Hall–Kier alpha value is -1.45. The van der Waals surface area contributed by atoms with Gasteiger partial charge in [0.1, 0.15) is 0 Å². The third-order valence-electron chi connectivity index (χ3n) is 7.54. The number of hydrogen-bond donors (Lipinski definition) is 1. The topological polar surface area (TPSA) is 32.6 Å². The smallest absolute Gasteiger partial charge is 0.0630 e. The highest BCUT2D eigenvalue weighted by atomic mass is 79.9. The Bertz CT molecular complexity index is 856. The second-order valence-corrected chi connectivity index (χ2v) is 10.5. The Morgan fingerprint density at radius 2 is 1.64 bits per heavy atom. The first-order chi connectivity index (χ1) is 13.6. The van der Waals surface area contributed by atoms with Gasteiger partial charge in [0.05, 0.1) is 5.69 Å². The van der Waals surface area contributed by atoms with E-state index in [1.54, 1.807) is 0 Å². The highest BCUT2D eigenvalue weighted by Gasteiger charge is 2.57. The van der Waals surface area contributed by atoms with Crippen LogP contribution in [0.3, 0.4) is 0 Å². The predicted molar refractivity (Wildman–Crippen MR) is 118 cm³/mol. The summed E-state index contributed by atoms with van der Waals surface area (Å²) in [6.45, 7) is 0.346. The van der Waals surface area contributed by atoms with Crippen LogP contribution in [0.15, 0.2) is 58.0 Å². The van der Waals surface area contributed by atoms with Gasteiger partial charge < -0.3 is 5.11 Å². The van der Waals surface area contributed by atoms with Crippen molar-refractivity contribution in [2.45, 2.75) is 50.4 Å². The molecule has 2 aromatic rings. The van der Waals surface area contributed by atoms with Crippen molar-refractivity contribution in [2.24, 2.45) is 22.2 Å². The minimum absolute atomic E-state index is 0.340. The van der Waals surface area contributed by atoms with Crippen LogP contribution in [-0.4, -0.2) is 17.9 Å². The van der Waals surface area contributed by atoms with Crippen molar-refractivity contribution in [3.8, 4) is 0 Å². The van der Waals surface area contributed by atoms with E-state index in [9.17, 15) is 5.11 Å². The zero-order valence-electron chi connectivity index (χ0n) is 16.3. The highest BCUT2D eigenvalue weighted by Crippen LogP contribution is 2.66. The molecule has 2 atom stereocenters. The van der Waals surface area contributed by atoms with Gasteiger partial charge in [-0.3, -0.25) is 4.99 Å². The van der Waals surface area contributed by atoms with E-state index in [4.69, 9.17) is 0 Å². The Morgan fingerprint density at radius 1 is 0.964 bits per heavy atom. The monoisotopic (exact) mass is 437 g/mol. The number of benzene rings is 2. The SMILES string of the molecule is OCCC12CC3CC(C1)CC(c1ccc(N=Cc4ccc(Br)cc4)cc1)(C3)C2. The standard InChI is InChI=1S/C25H28BrNO/c26-22-5-1-18(2-6-22)16-27-23-7-3-21(4-8-23)25-14-19-11-20(15-25)13-24(12-19,17-25)9-10-28/h1-8,16,19-20,28H,9-15,17H2. The molecule has 0 saturated heterocycles. The fourth-order valence-corrected chi connectivity index (χ4v) is 7.18. The zero-order chi connectivity index (χ0) is 19.2. The first-order valence-corrected chi connectivity index (χ1v) is 11.4. The Kier molecular flexibility index (Phi) is 4.71. The first-order valence-electron chi connectivity index (χ1n) is 10.6. The molecule has 4 aliphatic rings. The number of aliphatic imine (C=N–C) groups is 1. The van der Waals surface area contributed by atoms with E-state index in [2.05, 4.69) is 57.3 Å². The maximum absolute atomic E-state index is 9.67. The predicted octanol–water partition coefficient (Wildman–Crippen LogP) is 6.42. The molecule has 4 bridgehead atoms. The maximum Gasteiger partial charge on any atom is 0.0630 e. The molecule has 28 heavy (non-hydrogen) atoms. The molecule has 2 aromatic carbocycles. The Labute approximate surface area is 176 Å². The van der Waals surface area contributed by atoms with Gasteiger partial charge in [-0.1, -0.05) is 40.2 Å². The summed E-state index contributed by atoms with van der Waals surface area (Å²) in [6.07, 6.45) is 11.0. The molecule has 4 saturated carbocycles. The van der Waals surface area contributed by atoms with E-state index in [0.29, 0.717) is 17.4 Å². The summed E-state index contributed by atoms with van der Waals surface area (Å²) in [5, 5.41) is 9.67. The highest BCUT2D eigenvalue weighted by molar-refractivity contribution is 9.10. The number of aliphatic hydroxyl groups excluding tert-OH is 1. The molecular formula is C25H28BrNO. The van der Waals surface area contributed by atoms with Crippen molar-refractivity contribution in [2.75, 3.05) is 6.61 Å². The molecule has 0 radical (unpaired) electrons. The lowest BCUT2D eigenvalue weighted by Crippen LogP contribution is -2.54. The Balaban J connectivity index is 1.37. The number of nitrogens with zero attached hydrogens (tertiary/aromatic N) is 1. The lowest BCUT2D eigenvalue weighted by atomic mass is 9.42. The van der Waals surface area contributed by atoms with Gasteiger partial charge in [-0.15, -0.1) is 0 Å². The van der Waals surface area contributed by atoms with Crippen LogP contribution in [0, 0.1) is 17.3 Å². The van der Waals surface area contributed by atoms with E-state index in [-0.39, 0.29) is 0 Å².